The van der Waals surface area contributed by atoms with E-state index in [-0.39, 0.29) is 31.0 Å². The molecule has 0 saturated heterocycles. The van der Waals surface area contributed by atoms with Crippen molar-refractivity contribution in [3.05, 3.63) is 62.0 Å². The van der Waals surface area contributed by atoms with Crippen LogP contribution in [0.1, 0.15) is 58.1 Å². The Morgan fingerprint density at radius 3 is 2.24 bits per heavy atom. The molecular formula is C25H31BrCl2N2O3. The molecule has 0 aromatic heterocycles. The predicted octanol–water partition coefficient (Wildman–Crippen LogP) is 6.59. The maximum atomic E-state index is 13.3. The van der Waals surface area contributed by atoms with Crippen LogP contribution >= 0.6 is 39.1 Å². The second kappa shape index (κ2) is 12.6. The van der Waals surface area contributed by atoms with Crippen LogP contribution in [0.4, 0.5) is 0 Å². The molecule has 180 valence electrons. The first-order valence-corrected chi connectivity index (χ1v) is 12.5. The first-order valence-electron chi connectivity index (χ1n) is 11.0. The van der Waals surface area contributed by atoms with Gasteiger partial charge < -0.3 is 15.0 Å². The molecule has 2 aromatic rings. The number of carbonyl (C=O) groups is 2. The van der Waals surface area contributed by atoms with Gasteiger partial charge in [0, 0.05) is 28.2 Å². The highest BCUT2D eigenvalue weighted by atomic mass is 79.9. The molecule has 1 N–H and O–H groups in total. The van der Waals surface area contributed by atoms with Gasteiger partial charge in [0.05, 0.1) is 4.47 Å². The molecule has 0 heterocycles. The highest BCUT2D eigenvalue weighted by Crippen LogP contribution is 2.30. The van der Waals surface area contributed by atoms with E-state index >= 15 is 0 Å². The summed E-state index contributed by atoms with van der Waals surface area (Å²) in [6.45, 7) is 9.70. The van der Waals surface area contributed by atoms with Gasteiger partial charge in [0.25, 0.3) is 5.91 Å². The first-order chi connectivity index (χ1) is 15.5. The zero-order valence-corrected chi connectivity index (χ0v) is 22.7. The minimum absolute atomic E-state index is 0.0564. The number of amides is 2. The zero-order chi connectivity index (χ0) is 24.7. The Morgan fingerprint density at radius 1 is 1.09 bits per heavy atom. The van der Waals surface area contributed by atoms with Gasteiger partial charge in [-0.05, 0) is 71.9 Å². The molecule has 0 fully saturated rings. The topological polar surface area (TPSA) is 58.6 Å². The molecule has 1 unspecified atom stereocenters. The van der Waals surface area contributed by atoms with Crippen molar-refractivity contribution < 1.29 is 14.3 Å². The normalized spacial score (nSPS) is 12.1. The van der Waals surface area contributed by atoms with Gasteiger partial charge in [0.15, 0.2) is 6.61 Å². The summed E-state index contributed by atoms with van der Waals surface area (Å²) in [5, 5.41) is 3.77. The number of nitrogens with zero attached hydrogens (tertiary/aromatic N) is 1. The Kier molecular flexibility index (Phi) is 10.5. The Labute approximate surface area is 214 Å². The summed E-state index contributed by atoms with van der Waals surface area (Å²) < 4.78 is 6.60. The van der Waals surface area contributed by atoms with Gasteiger partial charge >= 0.3 is 0 Å². The minimum Gasteiger partial charge on any atom is -0.483 e. The van der Waals surface area contributed by atoms with Crippen LogP contribution in [0.2, 0.25) is 10.0 Å². The fourth-order valence-electron chi connectivity index (χ4n) is 3.37. The third-order valence-corrected chi connectivity index (χ3v) is 6.51. The summed E-state index contributed by atoms with van der Waals surface area (Å²) in [5.74, 6) is 0.365. The summed E-state index contributed by atoms with van der Waals surface area (Å²) in [6, 6.07) is 10.2. The van der Waals surface area contributed by atoms with Crippen LogP contribution in [0.25, 0.3) is 0 Å². The fraction of sp³-hybridized carbons (Fsp3) is 0.440. The third-order valence-electron chi connectivity index (χ3n) is 5.18. The minimum atomic E-state index is -0.692. The van der Waals surface area contributed by atoms with Crippen molar-refractivity contribution >= 4 is 50.9 Å². The van der Waals surface area contributed by atoms with E-state index in [0.717, 1.165) is 10.0 Å². The predicted molar refractivity (Wildman–Crippen MR) is 138 cm³/mol. The molecule has 33 heavy (non-hydrogen) atoms. The van der Waals surface area contributed by atoms with Crippen LogP contribution in [0.3, 0.4) is 0 Å². The van der Waals surface area contributed by atoms with E-state index in [0.29, 0.717) is 33.7 Å². The van der Waals surface area contributed by atoms with Gasteiger partial charge in [0.1, 0.15) is 11.8 Å². The largest absolute Gasteiger partial charge is 0.483 e. The van der Waals surface area contributed by atoms with Gasteiger partial charge in [-0.15, -0.1) is 0 Å². The second-order valence-electron chi connectivity index (χ2n) is 8.44. The smallest absolute Gasteiger partial charge is 0.261 e. The van der Waals surface area contributed by atoms with Crippen LogP contribution in [0, 0.1) is 0 Å². The average Bonchev–Trinajstić information content (AvgIpc) is 2.73. The lowest BCUT2D eigenvalue weighted by molar-refractivity contribution is -0.143. The van der Waals surface area contributed by atoms with Gasteiger partial charge in [-0.25, -0.2) is 0 Å². The summed E-state index contributed by atoms with van der Waals surface area (Å²) in [7, 11) is 0. The molecule has 0 aliphatic carbocycles. The van der Waals surface area contributed by atoms with Crippen molar-refractivity contribution in [3.8, 4) is 5.75 Å². The number of nitrogens with one attached hydrogen (secondary N) is 1. The van der Waals surface area contributed by atoms with E-state index in [1.165, 1.54) is 4.90 Å². The molecule has 2 amide bonds. The van der Waals surface area contributed by atoms with Gasteiger partial charge in [-0.2, -0.15) is 0 Å². The Hall–Kier alpha value is -1.76. The van der Waals surface area contributed by atoms with Crippen LogP contribution in [0.5, 0.6) is 5.75 Å². The van der Waals surface area contributed by atoms with Gasteiger partial charge in [0.2, 0.25) is 5.91 Å². The second-order valence-corrected chi connectivity index (χ2v) is 10.1. The van der Waals surface area contributed by atoms with Crippen LogP contribution in [0.15, 0.2) is 40.9 Å². The fourth-order valence-corrected chi connectivity index (χ4v) is 4.40. The van der Waals surface area contributed by atoms with E-state index in [1.807, 2.05) is 39.0 Å². The summed E-state index contributed by atoms with van der Waals surface area (Å²) >= 11 is 16.2. The number of hydrogen-bond acceptors (Lipinski definition) is 3. The van der Waals surface area contributed by atoms with Crippen molar-refractivity contribution in [1.29, 1.82) is 0 Å². The summed E-state index contributed by atoms with van der Waals surface area (Å²) in [5.41, 5.74) is 1.75. The standard InChI is InChI=1S/C25H31BrCl2N2O3/c1-6-22(25(32)29-16(4)5)30(13-18-20(27)8-7-9-21(18)28)24(31)14-33-23-11-10-17(15(2)3)12-19(23)26/h7-12,15-16,22H,6,13-14H2,1-5H3,(H,29,32). The number of rotatable bonds is 10. The highest BCUT2D eigenvalue weighted by molar-refractivity contribution is 9.10. The number of halogens is 3. The molecular weight excluding hydrogens is 527 g/mol. The molecule has 0 bridgehead atoms. The molecule has 1 atom stereocenters. The number of benzene rings is 2. The Morgan fingerprint density at radius 2 is 1.73 bits per heavy atom. The van der Waals surface area contributed by atoms with E-state index in [9.17, 15) is 9.59 Å². The van der Waals surface area contributed by atoms with E-state index in [2.05, 4.69) is 35.1 Å². The lowest BCUT2D eigenvalue weighted by Gasteiger charge is -2.31. The lowest BCUT2D eigenvalue weighted by atomic mass is 10.0. The van der Waals surface area contributed by atoms with Crippen molar-refractivity contribution in [3.63, 3.8) is 0 Å². The average molecular weight is 558 g/mol. The Bertz CT molecular complexity index is 962. The number of carbonyl (C=O) groups excluding carboxylic acids is 2. The number of hydrogen-bond donors (Lipinski definition) is 1. The Balaban J connectivity index is 2.29. The molecule has 8 heteroatoms. The highest BCUT2D eigenvalue weighted by Gasteiger charge is 2.30. The quantitative estimate of drug-likeness (QED) is 0.358. The van der Waals surface area contributed by atoms with Crippen molar-refractivity contribution in [2.75, 3.05) is 6.61 Å². The van der Waals surface area contributed by atoms with E-state index in [4.69, 9.17) is 27.9 Å². The van der Waals surface area contributed by atoms with Crippen LogP contribution in [-0.4, -0.2) is 35.4 Å². The maximum absolute atomic E-state index is 13.3. The molecule has 5 nitrogen and oxygen atoms in total. The van der Waals surface area contributed by atoms with Crippen molar-refractivity contribution in [2.45, 2.75) is 65.6 Å². The lowest BCUT2D eigenvalue weighted by Crippen LogP contribution is -2.51. The molecule has 2 rings (SSSR count). The van der Waals surface area contributed by atoms with E-state index in [1.54, 1.807) is 18.2 Å². The molecule has 0 spiro atoms. The maximum Gasteiger partial charge on any atom is 0.261 e. The van der Waals surface area contributed by atoms with Crippen LogP contribution in [-0.2, 0) is 16.1 Å². The first kappa shape index (κ1) is 27.5. The van der Waals surface area contributed by atoms with Gasteiger partial charge in [-0.1, -0.05) is 56.1 Å². The summed E-state index contributed by atoms with van der Waals surface area (Å²) in [4.78, 5) is 27.7. The summed E-state index contributed by atoms with van der Waals surface area (Å²) in [6.07, 6.45) is 0.430. The molecule has 0 radical (unpaired) electrons. The van der Waals surface area contributed by atoms with Crippen LogP contribution < -0.4 is 10.1 Å². The SMILES string of the molecule is CCC(C(=O)NC(C)C)N(Cc1c(Cl)cccc1Cl)C(=O)COc1ccc(C(C)C)cc1Br. The molecule has 0 saturated carbocycles. The van der Waals surface area contributed by atoms with E-state index < -0.39 is 6.04 Å². The molecule has 0 aliphatic heterocycles. The monoisotopic (exact) mass is 556 g/mol. The molecule has 0 aliphatic rings. The van der Waals surface area contributed by atoms with Crippen molar-refractivity contribution in [2.24, 2.45) is 0 Å². The molecule has 2 aromatic carbocycles. The van der Waals surface area contributed by atoms with Crippen molar-refractivity contribution in [1.82, 2.24) is 10.2 Å². The number of ether oxygens (including phenoxy) is 1. The zero-order valence-electron chi connectivity index (χ0n) is 19.6. The third kappa shape index (κ3) is 7.62. The van der Waals surface area contributed by atoms with Gasteiger partial charge in [-0.3, -0.25) is 9.59 Å².